The third-order valence-electron chi connectivity index (χ3n) is 4.72. The van der Waals surface area contributed by atoms with E-state index in [9.17, 15) is 4.79 Å². The summed E-state index contributed by atoms with van der Waals surface area (Å²) in [7, 11) is 0. The van der Waals surface area contributed by atoms with E-state index in [2.05, 4.69) is 47.4 Å². The van der Waals surface area contributed by atoms with Gasteiger partial charge in [-0.05, 0) is 42.0 Å². The fourth-order valence-electron chi connectivity index (χ4n) is 3.13. The van der Waals surface area contributed by atoms with Gasteiger partial charge in [-0.25, -0.2) is 9.97 Å². The monoisotopic (exact) mass is 374 g/mol. The largest absolute Gasteiger partial charge is 0.324 e. The molecule has 0 spiro atoms. The molecule has 1 heterocycles. The summed E-state index contributed by atoms with van der Waals surface area (Å²) < 4.78 is 0. The fraction of sp³-hybridized carbons (Fsp3) is 0.261. The zero-order valence-corrected chi connectivity index (χ0v) is 16.8. The van der Waals surface area contributed by atoms with Crippen molar-refractivity contribution in [3.05, 3.63) is 77.1 Å². The molecule has 0 fully saturated rings. The number of hydrogen-bond donors (Lipinski definition) is 2. The van der Waals surface area contributed by atoms with Gasteiger partial charge in [0.05, 0.1) is 5.56 Å². The first-order chi connectivity index (χ1) is 13.5. The average Bonchev–Trinajstić information content (AvgIpc) is 2.70. The minimum atomic E-state index is -0.210. The molecule has 0 bridgehead atoms. The molecule has 2 N–H and O–H groups in total. The molecule has 1 aromatic heterocycles. The number of nitrogens with zero attached hydrogens (tertiary/aromatic N) is 2. The Kier molecular flexibility index (Phi) is 6.04. The molecule has 0 radical (unpaired) electrons. The van der Waals surface area contributed by atoms with Crippen LogP contribution in [0.15, 0.2) is 54.9 Å². The van der Waals surface area contributed by atoms with Gasteiger partial charge in [0, 0.05) is 23.8 Å². The molecule has 0 unspecified atom stereocenters. The molecule has 3 rings (SSSR count). The van der Waals surface area contributed by atoms with E-state index in [0.717, 1.165) is 28.9 Å². The van der Waals surface area contributed by atoms with E-state index in [0.29, 0.717) is 17.4 Å². The van der Waals surface area contributed by atoms with Gasteiger partial charge in [-0.3, -0.25) is 4.79 Å². The van der Waals surface area contributed by atoms with Crippen LogP contribution in [0.25, 0.3) is 0 Å². The van der Waals surface area contributed by atoms with Crippen LogP contribution in [-0.2, 0) is 6.42 Å². The van der Waals surface area contributed by atoms with Crippen LogP contribution < -0.4 is 10.6 Å². The number of nitrogens with one attached hydrogen (secondary N) is 2. The van der Waals surface area contributed by atoms with Crippen LogP contribution in [-0.4, -0.2) is 15.9 Å². The quantitative estimate of drug-likeness (QED) is 0.601. The third-order valence-corrected chi connectivity index (χ3v) is 4.72. The van der Waals surface area contributed by atoms with E-state index >= 15 is 0 Å². The van der Waals surface area contributed by atoms with Crippen molar-refractivity contribution in [3.63, 3.8) is 0 Å². The van der Waals surface area contributed by atoms with Crippen LogP contribution in [0.4, 0.5) is 17.3 Å². The first-order valence-electron chi connectivity index (χ1n) is 9.57. The van der Waals surface area contributed by atoms with Crippen molar-refractivity contribution in [1.82, 2.24) is 9.97 Å². The molecule has 0 saturated carbocycles. The Hall–Kier alpha value is -3.21. The lowest BCUT2D eigenvalue weighted by Crippen LogP contribution is -2.15. The highest BCUT2D eigenvalue weighted by atomic mass is 16.1. The number of para-hydroxylation sites is 2. The molecule has 0 aliphatic rings. The molecule has 0 aliphatic carbocycles. The van der Waals surface area contributed by atoms with Crippen molar-refractivity contribution in [2.24, 2.45) is 0 Å². The van der Waals surface area contributed by atoms with Crippen molar-refractivity contribution in [1.29, 1.82) is 0 Å². The summed E-state index contributed by atoms with van der Waals surface area (Å²) in [5, 5.41) is 6.24. The van der Waals surface area contributed by atoms with Gasteiger partial charge in [0.2, 0.25) is 5.95 Å². The number of aryl methyl sites for hydroxylation is 2. The second-order valence-electron chi connectivity index (χ2n) is 7.08. The first kappa shape index (κ1) is 19.5. The Morgan fingerprint density at radius 2 is 1.75 bits per heavy atom. The number of carbonyl (C=O) groups is 1. The minimum absolute atomic E-state index is 0.210. The minimum Gasteiger partial charge on any atom is -0.324 e. The van der Waals surface area contributed by atoms with Crippen LogP contribution in [0.1, 0.15) is 53.7 Å². The van der Waals surface area contributed by atoms with Crippen LogP contribution in [0.5, 0.6) is 0 Å². The van der Waals surface area contributed by atoms with E-state index in [1.807, 2.05) is 43.3 Å². The predicted molar refractivity (Wildman–Crippen MR) is 114 cm³/mol. The van der Waals surface area contributed by atoms with Crippen LogP contribution >= 0.6 is 0 Å². The molecule has 2 aromatic carbocycles. The number of hydrogen-bond acceptors (Lipinski definition) is 4. The summed E-state index contributed by atoms with van der Waals surface area (Å²) in [5.74, 6) is 0.642. The summed E-state index contributed by atoms with van der Waals surface area (Å²) in [6.07, 6.45) is 3.95. The summed E-state index contributed by atoms with van der Waals surface area (Å²) in [6.45, 7) is 8.35. The van der Waals surface area contributed by atoms with Gasteiger partial charge >= 0.3 is 0 Å². The number of anilines is 3. The highest BCUT2D eigenvalue weighted by molar-refractivity contribution is 6.04. The smallest absolute Gasteiger partial charge is 0.258 e. The van der Waals surface area contributed by atoms with Gasteiger partial charge in [-0.1, -0.05) is 57.2 Å². The summed E-state index contributed by atoms with van der Waals surface area (Å²) >= 11 is 0. The predicted octanol–water partition coefficient (Wildman–Crippen LogP) is 5.47. The molecule has 3 aromatic rings. The van der Waals surface area contributed by atoms with Crippen molar-refractivity contribution in [2.45, 2.75) is 40.0 Å². The molecular weight excluding hydrogens is 348 g/mol. The van der Waals surface area contributed by atoms with Gasteiger partial charge in [-0.2, -0.15) is 0 Å². The summed E-state index contributed by atoms with van der Waals surface area (Å²) in [5.41, 5.74) is 5.60. The second-order valence-corrected chi connectivity index (χ2v) is 7.08. The second kappa shape index (κ2) is 8.65. The van der Waals surface area contributed by atoms with Crippen molar-refractivity contribution in [2.75, 3.05) is 10.6 Å². The number of benzene rings is 2. The molecule has 1 amide bonds. The maximum atomic E-state index is 12.6. The third kappa shape index (κ3) is 4.36. The maximum absolute atomic E-state index is 12.6. The lowest BCUT2D eigenvalue weighted by Gasteiger charge is -2.14. The van der Waals surface area contributed by atoms with E-state index in [1.54, 1.807) is 12.4 Å². The Morgan fingerprint density at radius 1 is 1.04 bits per heavy atom. The summed E-state index contributed by atoms with van der Waals surface area (Å²) in [4.78, 5) is 21.3. The first-order valence-corrected chi connectivity index (χ1v) is 9.57. The van der Waals surface area contributed by atoms with Crippen LogP contribution in [0, 0.1) is 6.92 Å². The van der Waals surface area contributed by atoms with Crippen molar-refractivity contribution < 1.29 is 4.79 Å². The van der Waals surface area contributed by atoms with E-state index in [-0.39, 0.29) is 5.91 Å². The van der Waals surface area contributed by atoms with E-state index in [4.69, 9.17) is 0 Å². The van der Waals surface area contributed by atoms with E-state index in [1.165, 1.54) is 5.56 Å². The van der Waals surface area contributed by atoms with Gasteiger partial charge < -0.3 is 10.6 Å². The van der Waals surface area contributed by atoms with Gasteiger partial charge in [-0.15, -0.1) is 0 Å². The number of amides is 1. The van der Waals surface area contributed by atoms with Crippen molar-refractivity contribution in [3.8, 4) is 0 Å². The zero-order chi connectivity index (χ0) is 20.1. The Morgan fingerprint density at radius 3 is 2.43 bits per heavy atom. The molecule has 144 valence electrons. The maximum Gasteiger partial charge on any atom is 0.258 e. The molecule has 0 atom stereocenters. The highest BCUT2D eigenvalue weighted by Gasteiger charge is 2.12. The Labute approximate surface area is 166 Å². The standard InChI is InChI=1S/C23H26N4O/c1-5-17-10-8-9-16(4)21(17)27-22(28)18-13-24-23(25-14-18)26-20-12-7-6-11-19(20)15(2)3/h6-15H,5H2,1-4H3,(H,27,28)(H,24,25,26). The lowest BCUT2D eigenvalue weighted by atomic mass is 10.0. The Bertz CT molecular complexity index is 965. The molecule has 28 heavy (non-hydrogen) atoms. The number of aromatic nitrogens is 2. The summed E-state index contributed by atoms with van der Waals surface area (Å²) in [6, 6.07) is 14.1. The normalized spacial score (nSPS) is 10.8. The topological polar surface area (TPSA) is 66.9 Å². The average molecular weight is 374 g/mol. The number of carbonyl (C=O) groups excluding carboxylic acids is 1. The molecule has 5 nitrogen and oxygen atoms in total. The SMILES string of the molecule is CCc1cccc(C)c1NC(=O)c1cnc(Nc2ccccc2C(C)C)nc1. The van der Waals surface area contributed by atoms with E-state index < -0.39 is 0 Å². The van der Waals surface area contributed by atoms with Gasteiger partial charge in [0.1, 0.15) is 0 Å². The van der Waals surface area contributed by atoms with Gasteiger partial charge in [0.25, 0.3) is 5.91 Å². The fourth-order valence-corrected chi connectivity index (χ4v) is 3.13. The number of rotatable bonds is 6. The van der Waals surface area contributed by atoms with Crippen molar-refractivity contribution >= 4 is 23.2 Å². The molecule has 0 saturated heterocycles. The van der Waals surface area contributed by atoms with Gasteiger partial charge in [0.15, 0.2) is 0 Å². The zero-order valence-electron chi connectivity index (χ0n) is 16.8. The Balaban J connectivity index is 1.76. The highest BCUT2D eigenvalue weighted by Crippen LogP contribution is 2.26. The molecule has 5 heteroatoms. The molecule has 0 aliphatic heterocycles. The lowest BCUT2D eigenvalue weighted by molar-refractivity contribution is 0.102. The molecular formula is C23H26N4O. The van der Waals surface area contributed by atoms with Crippen LogP contribution in [0.2, 0.25) is 0 Å². The van der Waals surface area contributed by atoms with Crippen LogP contribution in [0.3, 0.4) is 0 Å².